The fraction of sp³-hybridized carbons (Fsp3) is 0.368. The molecule has 2 aromatic heterocycles. The van der Waals surface area contributed by atoms with E-state index in [4.69, 9.17) is 9.47 Å². The topological polar surface area (TPSA) is 61.2 Å². The Balaban J connectivity index is 1.63. The Morgan fingerprint density at radius 2 is 2.28 bits per heavy atom. The maximum Gasteiger partial charge on any atom is 0.159 e. The van der Waals surface area contributed by atoms with Crippen molar-refractivity contribution in [3.05, 3.63) is 41.7 Å². The van der Waals surface area contributed by atoms with Gasteiger partial charge in [-0.05, 0) is 32.0 Å². The molecule has 0 saturated carbocycles. The van der Waals surface area contributed by atoms with Crippen LogP contribution < -0.4 is 14.8 Å². The van der Waals surface area contributed by atoms with Gasteiger partial charge in [-0.2, -0.15) is 5.10 Å². The predicted octanol–water partition coefficient (Wildman–Crippen LogP) is 3.30. The number of nitrogens with one attached hydrogen (secondary N) is 1. The number of aryl methyl sites for hydroxylation is 1. The second-order valence-corrected chi connectivity index (χ2v) is 6.35. The third-order valence-electron chi connectivity index (χ3n) is 4.48. The minimum Gasteiger partial charge on any atom is -0.494 e. The third kappa shape index (κ3) is 2.88. The number of anilines is 1. The monoisotopic (exact) mass is 338 g/mol. The number of aromatic nitrogens is 3. The molecular weight excluding hydrogens is 316 g/mol. The van der Waals surface area contributed by atoms with Crippen molar-refractivity contribution >= 4 is 16.7 Å². The number of fused-ring (bicyclic) bond motifs is 2. The lowest BCUT2D eigenvalue weighted by molar-refractivity contribution is 0.254. The molecule has 4 rings (SSSR count). The SMILES string of the molecule is CCOc1cc2c(cc1CNc1ccnc3c1cnn3C)OC(C)C2. The van der Waals surface area contributed by atoms with Crippen LogP contribution in [0.5, 0.6) is 11.5 Å². The van der Waals surface area contributed by atoms with Gasteiger partial charge < -0.3 is 14.8 Å². The molecule has 130 valence electrons. The molecule has 0 fully saturated rings. The van der Waals surface area contributed by atoms with Gasteiger partial charge in [0.25, 0.3) is 0 Å². The first kappa shape index (κ1) is 15.7. The summed E-state index contributed by atoms with van der Waals surface area (Å²) in [5.41, 5.74) is 4.18. The van der Waals surface area contributed by atoms with E-state index >= 15 is 0 Å². The van der Waals surface area contributed by atoms with Gasteiger partial charge in [0.05, 0.1) is 18.2 Å². The quantitative estimate of drug-likeness (QED) is 0.773. The molecule has 1 aliphatic heterocycles. The first-order valence-corrected chi connectivity index (χ1v) is 8.61. The second-order valence-electron chi connectivity index (χ2n) is 6.35. The van der Waals surface area contributed by atoms with Gasteiger partial charge in [0, 0.05) is 43.0 Å². The van der Waals surface area contributed by atoms with Crippen molar-refractivity contribution in [1.82, 2.24) is 14.8 Å². The van der Waals surface area contributed by atoms with Crippen molar-refractivity contribution in [2.75, 3.05) is 11.9 Å². The summed E-state index contributed by atoms with van der Waals surface area (Å²) in [5, 5.41) is 8.78. The van der Waals surface area contributed by atoms with Gasteiger partial charge in [0.15, 0.2) is 5.65 Å². The third-order valence-corrected chi connectivity index (χ3v) is 4.48. The maximum absolute atomic E-state index is 5.90. The zero-order valence-corrected chi connectivity index (χ0v) is 14.7. The molecule has 0 saturated heterocycles. The zero-order chi connectivity index (χ0) is 17.4. The van der Waals surface area contributed by atoms with E-state index in [1.165, 1.54) is 5.56 Å². The smallest absolute Gasteiger partial charge is 0.159 e. The van der Waals surface area contributed by atoms with E-state index < -0.39 is 0 Å². The lowest BCUT2D eigenvalue weighted by atomic mass is 10.1. The average molecular weight is 338 g/mol. The lowest BCUT2D eigenvalue weighted by Gasteiger charge is -2.14. The van der Waals surface area contributed by atoms with E-state index in [0.717, 1.165) is 40.2 Å². The average Bonchev–Trinajstić information content (AvgIpc) is 3.15. The molecule has 6 heteroatoms. The largest absolute Gasteiger partial charge is 0.494 e. The van der Waals surface area contributed by atoms with E-state index in [0.29, 0.717) is 13.2 Å². The molecule has 1 atom stereocenters. The molecule has 0 amide bonds. The van der Waals surface area contributed by atoms with Gasteiger partial charge in [0.1, 0.15) is 17.6 Å². The molecule has 0 aliphatic carbocycles. The van der Waals surface area contributed by atoms with Crippen LogP contribution in [-0.4, -0.2) is 27.5 Å². The van der Waals surface area contributed by atoms with Crippen LogP contribution in [0.4, 0.5) is 5.69 Å². The van der Waals surface area contributed by atoms with Crippen LogP contribution >= 0.6 is 0 Å². The van der Waals surface area contributed by atoms with Gasteiger partial charge in [-0.15, -0.1) is 0 Å². The van der Waals surface area contributed by atoms with Crippen LogP contribution in [0.1, 0.15) is 25.0 Å². The van der Waals surface area contributed by atoms with Gasteiger partial charge in [-0.25, -0.2) is 4.98 Å². The standard InChI is InChI=1S/C19H22N4O2/c1-4-24-17-8-13-7-12(2)25-18(13)9-14(17)10-21-16-5-6-20-19-15(16)11-22-23(19)3/h5-6,8-9,11-12H,4,7,10H2,1-3H3,(H,20,21). The minimum absolute atomic E-state index is 0.225. The molecule has 25 heavy (non-hydrogen) atoms. The van der Waals surface area contributed by atoms with Gasteiger partial charge >= 0.3 is 0 Å². The molecular formula is C19H22N4O2. The highest BCUT2D eigenvalue weighted by atomic mass is 16.5. The Labute approximate surface area is 146 Å². The molecule has 0 bridgehead atoms. The summed E-state index contributed by atoms with van der Waals surface area (Å²) in [5.74, 6) is 1.89. The summed E-state index contributed by atoms with van der Waals surface area (Å²) in [6, 6.07) is 6.18. The van der Waals surface area contributed by atoms with Crippen molar-refractivity contribution in [2.45, 2.75) is 32.9 Å². The van der Waals surface area contributed by atoms with Crippen molar-refractivity contribution in [3.8, 4) is 11.5 Å². The normalized spacial score (nSPS) is 15.9. The summed E-state index contributed by atoms with van der Waals surface area (Å²) in [7, 11) is 1.89. The van der Waals surface area contributed by atoms with Crippen molar-refractivity contribution in [3.63, 3.8) is 0 Å². The lowest BCUT2D eigenvalue weighted by Crippen LogP contribution is -2.05. The fourth-order valence-electron chi connectivity index (χ4n) is 3.30. The number of hydrogen-bond donors (Lipinski definition) is 1. The van der Waals surface area contributed by atoms with Crippen LogP contribution in [0, 0.1) is 0 Å². The molecule has 1 unspecified atom stereocenters. The Morgan fingerprint density at radius 1 is 1.40 bits per heavy atom. The Kier molecular flexibility index (Phi) is 3.95. The highest BCUT2D eigenvalue weighted by Gasteiger charge is 2.22. The van der Waals surface area contributed by atoms with E-state index in [1.807, 2.05) is 26.2 Å². The van der Waals surface area contributed by atoms with Crippen LogP contribution in [-0.2, 0) is 20.0 Å². The number of pyridine rings is 1. The van der Waals surface area contributed by atoms with Crippen LogP contribution in [0.2, 0.25) is 0 Å². The Hall–Kier alpha value is -2.76. The van der Waals surface area contributed by atoms with E-state index in [9.17, 15) is 0 Å². The molecule has 0 spiro atoms. The molecule has 3 heterocycles. The molecule has 1 N–H and O–H groups in total. The molecule has 1 aromatic carbocycles. The first-order valence-electron chi connectivity index (χ1n) is 8.61. The first-order chi connectivity index (χ1) is 12.2. The van der Waals surface area contributed by atoms with E-state index in [1.54, 1.807) is 10.9 Å². The number of ether oxygens (including phenoxy) is 2. The van der Waals surface area contributed by atoms with E-state index in [-0.39, 0.29) is 6.10 Å². The maximum atomic E-state index is 5.90. The van der Waals surface area contributed by atoms with Gasteiger partial charge in [-0.3, -0.25) is 4.68 Å². The predicted molar refractivity (Wildman–Crippen MR) is 97.2 cm³/mol. The van der Waals surface area contributed by atoms with E-state index in [2.05, 4.69) is 34.5 Å². The van der Waals surface area contributed by atoms with Crippen molar-refractivity contribution in [1.29, 1.82) is 0 Å². The van der Waals surface area contributed by atoms with Crippen LogP contribution in [0.15, 0.2) is 30.6 Å². The Bertz CT molecular complexity index is 919. The second kappa shape index (κ2) is 6.27. The summed E-state index contributed by atoms with van der Waals surface area (Å²) >= 11 is 0. The van der Waals surface area contributed by atoms with Gasteiger partial charge in [0.2, 0.25) is 0 Å². The molecule has 3 aromatic rings. The number of benzene rings is 1. The summed E-state index contributed by atoms with van der Waals surface area (Å²) in [6.07, 6.45) is 4.79. The number of rotatable bonds is 5. The number of hydrogen-bond acceptors (Lipinski definition) is 5. The molecule has 6 nitrogen and oxygen atoms in total. The Morgan fingerprint density at radius 3 is 3.12 bits per heavy atom. The minimum atomic E-state index is 0.225. The highest BCUT2D eigenvalue weighted by Crippen LogP contribution is 2.35. The molecule has 0 radical (unpaired) electrons. The zero-order valence-electron chi connectivity index (χ0n) is 14.7. The highest BCUT2D eigenvalue weighted by molar-refractivity contribution is 5.88. The van der Waals surface area contributed by atoms with Gasteiger partial charge in [-0.1, -0.05) is 0 Å². The fourth-order valence-corrected chi connectivity index (χ4v) is 3.30. The number of nitrogens with zero attached hydrogens (tertiary/aromatic N) is 3. The van der Waals surface area contributed by atoms with Crippen molar-refractivity contribution < 1.29 is 9.47 Å². The van der Waals surface area contributed by atoms with Crippen LogP contribution in [0.3, 0.4) is 0 Å². The summed E-state index contributed by atoms with van der Waals surface area (Å²) < 4.78 is 13.5. The molecule has 1 aliphatic rings. The van der Waals surface area contributed by atoms with Crippen molar-refractivity contribution in [2.24, 2.45) is 7.05 Å². The summed E-state index contributed by atoms with van der Waals surface area (Å²) in [4.78, 5) is 4.37. The summed E-state index contributed by atoms with van der Waals surface area (Å²) in [6.45, 7) is 5.39. The van der Waals surface area contributed by atoms with Crippen LogP contribution in [0.25, 0.3) is 11.0 Å².